The zero-order valence-electron chi connectivity index (χ0n) is 33.8. The zero-order chi connectivity index (χ0) is 39.3. The number of allylic oxidation sites excluding steroid dienone is 13. The molecule has 2 heteroatoms. The Bertz CT molecular complexity index is 2860. The van der Waals surface area contributed by atoms with Gasteiger partial charge >= 0.3 is 0 Å². The lowest BCUT2D eigenvalue weighted by atomic mass is 9.79. The zero-order valence-corrected chi connectivity index (χ0v) is 33.8. The number of para-hydroxylation sites is 1. The summed E-state index contributed by atoms with van der Waals surface area (Å²) in [6, 6.07) is 40.7. The maximum atomic E-state index is 6.64. The van der Waals surface area contributed by atoms with E-state index in [2.05, 4.69) is 188 Å². The smallest absolute Gasteiger partial charge is 0.137 e. The third-order valence-corrected chi connectivity index (χ3v) is 13.5. The summed E-state index contributed by atoms with van der Waals surface area (Å²) in [6.45, 7) is 2.15. The van der Waals surface area contributed by atoms with Crippen LogP contribution >= 0.6 is 0 Å². The summed E-state index contributed by atoms with van der Waals surface area (Å²) < 4.78 is 6.64. The van der Waals surface area contributed by atoms with Crippen molar-refractivity contribution in [2.75, 3.05) is 4.90 Å². The topological polar surface area (TPSA) is 16.4 Å². The summed E-state index contributed by atoms with van der Waals surface area (Å²) in [7, 11) is 0. The molecule has 0 saturated heterocycles. The molecule has 5 aliphatic rings. The molecule has 59 heavy (non-hydrogen) atoms. The Balaban J connectivity index is 0.883. The molecule has 0 fully saturated rings. The van der Waals surface area contributed by atoms with E-state index in [-0.39, 0.29) is 12.0 Å². The van der Waals surface area contributed by atoms with Crippen LogP contribution in [-0.2, 0) is 0 Å². The van der Waals surface area contributed by atoms with Crippen molar-refractivity contribution in [3.05, 3.63) is 215 Å². The Hall–Kier alpha value is -6.38. The number of hydrogen-bond acceptors (Lipinski definition) is 2. The van der Waals surface area contributed by atoms with Gasteiger partial charge < -0.3 is 9.32 Å². The minimum atomic E-state index is 0.209. The molecule has 0 bridgehead atoms. The largest absolute Gasteiger partial charge is 0.459 e. The van der Waals surface area contributed by atoms with Crippen molar-refractivity contribution in [2.24, 2.45) is 5.92 Å². The first-order valence-corrected chi connectivity index (χ1v) is 21.7. The van der Waals surface area contributed by atoms with Gasteiger partial charge in [0.15, 0.2) is 0 Å². The van der Waals surface area contributed by atoms with E-state index >= 15 is 0 Å². The van der Waals surface area contributed by atoms with Crippen LogP contribution in [0.15, 0.2) is 191 Å². The lowest BCUT2D eigenvalue weighted by molar-refractivity contribution is 0.513. The summed E-state index contributed by atoms with van der Waals surface area (Å²) in [6.07, 6.45) is 33.5. The van der Waals surface area contributed by atoms with E-state index in [1.807, 2.05) is 0 Å². The van der Waals surface area contributed by atoms with E-state index < -0.39 is 0 Å². The van der Waals surface area contributed by atoms with Gasteiger partial charge in [-0.25, -0.2) is 0 Å². The SMILES string of the molecule is Cc1cccc2c3c(oc12)C(C1=CCC(N(C2=CC=C(c4ccc(C5=CC=C6C=CCCC6C5)cc4)CC2)c2ccc(-c4ccc5ccccc5c4)cc2)C=C1)CC=C3. The molecule has 5 aliphatic carbocycles. The highest BCUT2D eigenvalue weighted by atomic mass is 16.3. The molecule has 3 atom stereocenters. The first-order chi connectivity index (χ1) is 29.1. The number of fused-ring (bicyclic) bond motifs is 5. The normalized spacial score (nSPS) is 21.0. The van der Waals surface area contributed by atoms with Crippen LogP contribution in [0.1, 0.15) is 78.9 Å². The van der Waals surface area contributed by atoms with Gasteiger partial charge in [0, 0.05) is 28.3 Å². The van der Waals surface area contributed by atoms with Crippen LogP contribution in [0, 0.1) is 12.8 Å². The predicted octanol–water partition coefficient (Wildman–Crippen LogP) is 15.3. The number of aryl methyl sites for hydroxylation is 1. The fourth-order valence-corrected chi connectivity index (χ4v) is 10.2. The van der Waals surface area contributed by atoms with Gasteiger partial charge in [-0.05, 0) is 143 Å². The summed E-state index contributed by atoms with van der Waals surface area (Å²) in [5.74, 6) is 2.00. The lowest BCUT2D eigenvalue weighted by Crippen LogP contribution is -2.34. The second-order valence-corrected chi connectivity index (χ2v) is 17.0. The lowest BCUT2D eigenvalue weighted by Gasteiger charge is -2.37. The number of hydrogen-bond donors (Lipinski definition) is 0. The van der Waals surface area contributed by atoms with E-state index in [1.165, 1.54) is 96.1 Å². The van der Waals surface area contributed by atoms with Gasteiger partial charge in [-0.1, -0.05) is 152 Å². The van der Waals surface area contributed by atoms with E-state index in [0.29, 0.717) is 5.92 Å². The molecule has 0 radical (unpaired) electrons. The van der Waals surface area contributed by atoms with Gasteiger partial charge in [0.1, 0.15) is 11.3 Å². The second-order valence-electron chi connectivity index (χ2n) is 17.0. The summed E-state index contributed by atoms with van der Waals surface area (Å²) >= 11 is 0. The van der Waals surface area contributed by atoms with Gasteiger partial charge in [-0.2, -0.15) is 0 Å². The highest BCUT2D eigenvalue weighted by Gasteiger charge is 2.30. The molecule has 1 heterocycles. The molecule has 0 aliphatic heterocycles. The Kier molecular flexibility index (Phi) is 9.15. The second kappa shape index (κ2) is 15.1. The first kappa shape index (κ1) is 35.8. The van der Waals surface area contributed by atoms with Crippen molar-refractivity contribution in [1.82, 2.24) is 0 Å². The minimum Gasteiger partial charge on any atom is -0.459 e. The Morgan fingerprint density at radius 1 is 0.627 bits per heavy atom. The molecule has 288 valence electrons. The van der Waals surface area contributed by atoms with Gasteiger partial charge in [0.2, 0.25) is 0 Å². The van der Waals surface area contributed by atoms with Crippen molar-refractivity contribution < 1.29 is 4.42 Å². The van der Waals surface area contributed by atoms with Gasteiger partial charge in [-0.15, -0.1) is 0 Å². The van der Waals surface area contributed by atoms with Gasteiger partial charge in [0.05, 0.1) is 6.04 Å². The van der Waals surface area contributed by atoms with Crippen LogP contribution in [0.5, 0.6) is 0 Å². The predicted molar refractivity (Wildman–Crippen MR) is 249 cm³/mol. The average Bonchev–Trinajstić information content (AvgIpc) is 3.70. The fraction of sp³-hybridized carbons (Fsp3) is 0.193. The van der Waals surface area contributed by atoms with Crippen LogP contribution in [0.25, 0.3) is 50.1 Å². The molecule has 0 saturated carbocycles. The molecule has 3 unspecified atom stereocenters. The first-order valence-electron chi connectivity index (χ1n) is 21.7. The Morgan fingerprint density at radius 3 is 2.24 bits per heavy atom. The minimum absolute atomic E-state index is 0.209. The standard InChI is InChI=1S/C57H49NO/c1-38-8-6-14-54-55-15-7-13-53(57(55)59-56(38)54)45-28-34-52(35-29-45)58(51-32-26-44(27-33-51)49-23-21-40-10-3-5-12-47(40)37-49)50-30-24-42(25-31-50)41-16-18-43(19-17-41)48-22-20-39-9-2-4-11-46(39)36-48/h2-3,5-10,12,14-24,26-30,32-34,37,46,52-53H,4,11,13,25,31,35-36H2,1H3. The number of rotatable bonds is 7. The Morgan fingerprint density at radius 2 is 1.42 bits per heavy atom. The van der Waals surface area contributed by atoms with Crippen LogP contribution in [0.2, 0.25) is 0 Å². The van der Waals surface area contributed by atoms with Crippen LogP contribution < -0.4 is 4.90 Å². The third-order valence-electron chi connectivity index (χ3n) is 13.5. The molecule has 5 aromatic carbocycles. The maximum Gasteiger partial charge on any atom is 0.137 e. The average molecular weight is 764 g/mol. The number of anilines is 1. The van der Waals surface area contributed by atoms with E-state index in [0.717, 1.165) is 43.4 Å². The van der Waals surface area contributed by atoms with Crippen molar-refractivity contribution in [2.45, 2.75) is 63.8 Å². The van der Waals surface area contributed by atoms with Crippen LogP contribution in [0.3, 0.4) is 0 Å². The molecule has 6 aromatic rings. The molecule has 11 rings (SSSR count). The third kappa shape index (κ3) is 6.71. The summed E-state index contributed by atoms with van der Waals surface area (Å²) in [5, 5.41) is 3.76. The van der Waals surface area contributed by atoms with Crippen LogP contribution in [-0.4, -0.2) is 6.04 Å². The van der Waals surface area contributed by atoms with Crippen molar-refractivity contribution in [1.29, 1.82) is 0 Å². The molecular weight excluding hydrogens is 715 g/mol. The maximum absolute atomic E-state index is 6.64. The van der Waals surface area contributed by atoms with E-state index in [4.69, 9.17) is 4.42 Å². The van der Waals surface area contributed by atoms with Crippen molar-refractivity contribution in [3.8, 4) is 11.1 Å². The van der Waals surface area contributed by atoms with Gasteiger partial charge in [-0.3, -0.25) is 0 Å². The van der Waals surface area contributed by atoms with Crippen LogP contribution in [0.4, 0.5) is 5.69 Å². The number of benzene rings is 5. The number of nitrogens with zero attached hydrogens (tertiary/aromatic N) is 1. The number of furan rings is 1. The van der Waals surface area contributed by atoms with Crippen molar-refractivity contribution in [3.63, 3.8) is 0 Å². The summed E-state index contributed by atoms with van der Waals surface area (Å²) in [5.41, 5.74) is 17.0. The molecule has 2 nitrogen and oxygen atoms in total. The molecular formula is C57H49NO. The monoisotopic (exact) mass is 763 g/mol. The van der Waals surface area contributed by atoms with Gasteiger partial charge in [0.25, 0.3) is 0 Å². The molecule has 0 amide bonds. The van der Waals surface area contributed by atoms with Crippen molar-refractivity contribution >= 4 is 44.7 Å². The van der Waals surface area contributed by atoms with E-state index in [1.54, 1.807) is 0 Å². The molecule has 0 spiro atoms. The summed E-state index contributed by atoms with van der Waals surface area (Å²) in [4.78, 5) is 2.60. The molecule has 0 N–H and O–H groups in total. The Labute approximate surface area is 348 Å². The quantitative estimate of drug-likeness (QED) is 0.161. The fourth-order valence-electron chi connectivity index (χ4n) is 10.2. The van der Waals surface area contributed by atoms with E-state index in [9.17, 15) is 0 Å². The molecule has 1 aromatic heterocycles. The highest BCUT2D eigenvalue weighted by Crippen LogP contribution is 2.44. The highest BCUT2D eigenvalue weighted by molar-refractivity contribution is 5.92.